The second-order valence-electron chi connectivity index (χ2n) is 6.10. The zero-order chi connectivity index (χ0) is 19.3. The first kappa shape index (κ1) is 20.6. The van der Waals surface area contributed by atoms with Gasteiger partial charge in [0.15, 0.2) is 0 Å². The highest BCUT2D eigenvalue weighted by Gasteiger charge is 2.18. The van der Waals surface area contributed by atoms with Crippen molar-refractivity contribution in [2.24, 2.45) is 0 Å². The quantitative estimate of drug-likeness (QED) is 0.609. The van der Waals surface area contributed by atoms with E-state index in [0.717, 1.165) is 37.2 Å². The maximum absolute atomic E-state index is 11.7. The van der Waals surface area contributed by atoms with E-state index >= 15 is 0 Å². The van der Waals surface area contributed by atoms with Crippen molar-refractivity contribution in [3.8, 4) is 0 Å². The molecule has 0 unspecified atom stereocenters. The Morgan fingerprint density at radius 3 is 2.42 bits per heavy atom. The summed E-state index contributed by atoms with van der Waals surface area (Å²) in [5, 5.41) is 13.8. The SMILES string of the molecule is CCN(CC)CCc1cccc(C(=O)O)c1Nc1c(Cl)ccc(C)c1Cl. The molecule has 2 aromatic rings. The molecule has 0 saturated carbocycles. The van der Waals surface area contributed by atoms with Gasteiger partial charge in [-0.15, -0.1) is 0 Å². The second kappa shape index (κ2) is 9.26. The molecular weight excluding hydrogens is 371 g/mol. The number of aryl methyl sites for hydroxylation is 1. The number of carboxylic acids is 1. The van der Waals surface area contributed by atoms with Crippen LogP contribution in [0.3, 0.4) is 0 Å². The molecule has 0 atom stereocenters. The van der Waals surface area contributed by atoms with Crippen molar-refractivity contribution in [2.75, 3.05) is 25.0 Å². The lowest BCUT2D eigenvalue weighted by Crippen LogP contribution is -2.25. The van der Waals surface area contributed by atoms with Crippen LogP contribution in [0.4, 0.5) is 11.4 Å². The first-order valence-electron chi connectivity index (χ1n) is 8.68. The average molecular weight is 395 g/mol. The van der Waals surface area contributed by atoms with Crippen LogP contribution in [0.15, 0.2) is 30.3 Å². The summed E-state index contributed by atoms with van der Waals surface area (Å²) < 4.78 is 0. The van der Waals surface area contributed by atoms with Crippen LogP contribution in [0, 0.1) is 6.92 Å². The highest BCUT2D eigenvalue weighted by Crippen LogP contribution is 2.37. The van der Waals surface area contributed by atoms with Gasteiger partial charge in [-0.2, -0.15) is 0 Å². The Bertz CT molecular complexity index is 790. The molecule has 2 N–H and O–H groups in total. The van der Waals surface area contributed by atoms with E-state index in [4.69, 9.17) is 23.2 Å². The fraction of sp³-hybridized carbons (Fsp3) is 0.350. The third kappa shape index (κ3) is 4.70. The normalized spacial score (nSPS) is 11.0. The number of hydrogen-bond donors (Lipinski definition) is 2. The van der Waals surface area contributed by atoms with Crippen LogP contribution in [0.25, 0.3) is 0 Å². The summed E-state index contributed by atoms with van der Waals surface area (Å²) in [6.07, 6.45) is 0.728. The highest BCUT2D eigenvalue weighted by atomic mass is 35.5. The smallest absolute Gasteiger partial charge is 0.337 e. The van der Waals surface area contributed by atoms with Crippen molar-refractivity contribution in [1.82, 2.24) is 4.90 Å². The number of anilines is 2. The van der Waals surface area contributed by atoms with Gasteiger partial charge in [0.2, 0.25) is 0 Å². The van der Waals surface area contributed by atoms with Gasteiger partial charge in [-0.25, -0.2) is 4.79 Å². The molecule has 2 rings (SSSR count). The Morgan fingerprint density at radius 1 is 1.12 bits per heavy atom. The van der Waals surface area contributed by atoms with E-state index in [9.17, 15) is 9.90 Å². The molecule has 2 aromatic carbocycles. The molecule has 0 aliphatic carbocycles. The number of halogens is 2. The lowest BCUT2D eigenvalue weighted by molar-refractivity contribution is 0.0698. The molecule has 0 saturated heterocycles. The first-order chi connectivity index (χ1) is 12.4. The third-order valence-electron chi connectivity index (χ3n) is 4.51. The van der Waals surface area contributed by atoms with Gasteiger partial charge in [-0.05, 0) is 49.7 Å². The summed E-state index contributed by atoms with van der Waals surface area (Å²) >= 11 is 12.7. The predicted octanol–water partition coefficient (Wildman–Crippen LogP) is 5.63. The number of aromatic carboxylic acids is 1. The van der Waals surface area contributed by atoms with Gasteiger partial charge < -0.3 is 15.3 Å². The minimum absolute atomic E-state index is 0.204. The van der Waals surface area contributed by atoms with Crippen LogP contribution in [0.2, 0.25) is 10.0 Å². The number of carboxylic acid groups (broad SMARTS) is 1. The molecule has 0 spiro atoms. The van der Waals surface area contributed by atoms with Crippen molar-refractivity contribution in [3.63, 3.8) is 0 Å². The van der Waals surface area contributed by atoms with Gasteiger partial charge in [-0.1, -0.05) is 55.2 Å². The summed E-state index contributed by atoms with van der Waals surface area (Å²) in [7, 11) is 0. The Morgan fingerprint density at radius 2 is 1.81 bits per heavy atom. The molecule has 0 aliphatic heterocycles. The van der Waals surface area contributed by atoms with Crippen molar-refractivity contribution < 1.29 is 9.90 Å². The molecule has 0 amide bonds. The van der Waals surface area contributed by atoms with Gasteiger partial charge in [0.05, 0.1) is 27.0 Å². The van der Waals surface area contributed by atoms with Crippen LogP contribution >= 0.6 is 23.2 Å². The third-order valence-corrected chi connectivity index (χ3v) is 5.31. The largest absolute Gasteiger partial charge is 0.478 e. The number of rotatable bonds is 8. The van der Waals surface area contributed by atoms with E-state index in [0.29, 0.717) is 21.4 Å². The topological polar surface area (TPSA) is 52.6 Å². The van der Waals surface area contributed by atoms with Crippen molar-refractivity contribution in [2.45, 2.75) is 27.2 Å². The Labute approximate surface area is 164 Å². The molecule has 0 radical (unpaired) electrons. The molecule has 0 heterocycles. The number of benzene rings is 2. The van der Waals surface area contributed by atoms with Crippen LogP contribution in [0.1, 0.15) is 35.3 Å². The average Bonchev–Trinajstić information content (AvgIpc) is 2.63. The molecule has 0 aliphatic rings. The van der Waals surface area contributed by atoms with E-state index < -0.39 is 5.97 Å². The summed E-state index contributed by atoms with van der Waals surface area (Å²) in [6, 6.07) is 8.88. The first-order valence-corrected chi connectivity index (χ1v) is 9.43. The van der Waals surface area contributed by atoms with Crippen LogP contribution < -0.4 is 5.32 Å². The molecule has 26 heavy (non-hydrogen) atoms. The van der Waals surface area contributed by atoms with Gasteiger partial charge >= 0.3 is 5.97 Å². The van der Waals surface area contributed by atoms with Crippen molar-refractivity contribution in [3.05, 3.63) is 57.1 Å². The standard InChI is InChI=1S/C20H24Cl2N2O2/c1-4-24(5-2)12-11-14-7-6-8-15(20(25)26)18(14)23-19-16(21)10-9-13(3)17(19)22/h6-10,23H,4-5,11-12H2,1-3H3,(H,25,26). The monoisotopic (exact) mass is 394 g/mol. The maximum atomic E-state index is 11.7. The Kier molecular flexibility index (Phi) is 7.33. The zero-order valence-electron chi connectivity index (χ0n) is 15.3. The number of nitrogens with zero attached hydrogens (tertiary/aromatic N) is 1. The van der Waals surface area contributed by atoms with E-state index in [-0.39, 0.29) is 5.56 Å². The number of nitrogens with one attached hydrogen (secondary N) is 1. The number of likely N-dealkylation sites (N-methyl/N-ethyl adjacent to an activating group) is 1. The van der Waals surface area contributed by atoms with Gasteiger partial charge in [0.25, 0.3) is 0 Å². The number of hydrogen-bond acceptors (Lipinski definition) is 3. The van der Waals surface area contributed by atoms with Crippen LogP contribution in [0.5, 0.6) is 0 Å². The molecule has 6 heteroatoms. The summed E-state index contributed by atoms with van der Waals surface area (Å²) in [5.74, 6) is -0.989. The Balaban J connectivity index is 2.45. The summed E-state index contributed by atoms with van der Waals surface area (Å²) in [5.41, 5.74) is 3.07. The van der Waals surface area contributed by atoms with Crippen molar-refractivity contribution >= 4 is 40.5 Å². The van der Waals surface area contributed by atoms with E-state index in [1.54, 1.807) is 18.2 Å². The summed E-state index contributed by atoms with van der Waals surface area (Å²) in [6.45, 7) is 8.86. The molecule has 0 bridgehead atoms. The minimum Gasteiger partial charge on any atom is -0.478 e. The van der Waals surface area contributed by atoms with E-state index in [1.165, 1.54) is 0 Å². The van der Waals surface area contributed by atoms with E-state index in [2.05, 4.69) is 24.1 Å². The molecule has 0 fully saturated rings. The van der Waals surface area contributed by atoms with Gasteiger partial charge in [-0.3, -0.25) is 0 Å². The highest BCUT2D eigenvalue weighted by molar-refractivity contribution is 6.39. The lowest BCUT2D eigenvalue weighted by Gasteiger charge is -2.21. The lowest BCUT2D eigenvalue weighted by atomic mass is 10.0. The fourth-order valence-electron chi connectivity index (χ4n) is 2.85. The van der Waals surface area contributed by atoms with Crippen molar-refractivity contribution in [1.29, 1.82) is 0 Å². The molecule has 140 valence electrons. The predicted molar refractivity (Wildman–Crippen MR) is 109 cm³/mol. The second-order valence-corrected chi connectivity index (χ2v) is 6.89. The van der Waals surface area contributed by atoms with Crippen LogP contribution in [-0.2, 0) is 6.42 Å². The van der Waals surface area contributed by atoms with Gasteiger partial charge in [0.1, 0.15) is 0 Å². The minimum atomic E-state index is -0.989. The summed E-state index contributed by atoms with van der Waals surface area (Å²) in [4.78, 5) is 14.0. The van der Waals surface area contributed by atoms with E-state index in [1.807, 2.05) is 19.1 Å². The number of carbonyl (C=O) groups is 1. The maximum Gasteiger partial charge on any atom is 0.337 e. The van der Waals surface area contributed by atoms with Crippen LogP contribution in [-0.4, -0.2) is 35.6 Å². The fourth-order valence-corrected chi connectivity index (χ4v) is 3.31. The zero-order valence-corrected chi connectivity index (χ0v) is 16.8. The van der Waals surface area contributed by atoms with Gasteiger partial charge in [0, 0.05) is 6.54 Å². The Hall–Kier alpha value is -1.75. The molecule has 0 aromatic heterocycles. The molecule has 4 nitrogen and oxygen atoms in total. The molecular formula is C20H24Cl2N2O2. The number of para-hydroxylation sites is 1.